The van der Waals surface area contributed by atoms with E-state index in [1.165, 1.54) is 4.90 Å². The standard InChI is InChI=1S/C13H16BrNO4/c1-4-19-12(16)8-15(2)13(17)9-5-6-11(18-3)10(14)7-9/h5-7H,4,8H2,1-3H3. The Morgan fingerprint density at radius 2 is 2.05 bits per heavy atom. The molecule has 0 aromatic heterocycles. The number of benzene rings is 1. The lowest BCUT2D eigenvalue weighted by Gasteiger charge is -2.16. The Labute approximate surface area is 120 Å². The molecular weight excluding hydrogens is 314 g/mol. The van der Waals surface area contributed by atoms with Gasteiger partial charge < -0.3 is 14.4 Å². The zero-order valence-corrected chi connectivity index (χ0v) is 12.7. The number of likely N-dealkylation sites (N-methyl/N-ethyl adjacent to an activating group) is 1. The van der Waals surface area contributed by atoms with Crippen LogP contribution in [-0.2, 0) is 9.53 Å². The average molecular weight is 330 g/mol. The summed E-state index contributed by atoms with van der Waals surface area (Å²) in [6.45, 7) is 1.95. The molecule has 104 valence electrons. The van der Waals surface area contributed by atoms with Crippen LogP contribution in [0.4, 0.5) is 0 Å². The Balaban J connectivity index is 2.77. The number of methoxy groups -OCH3 is 1. The van der Waals surface area contributed by atoms with E-state index in [0.717, 1.165) is 0 Å². The summed E-state index contributed by atoms with van der Waals surface area (Å²) in [6, 6.07) is 4.99. The molecule has 0 spiro atoms. The number of hydrogen-bond acceptors (Lipinski definition) is 4. The fourth-order valence-electron chi connectivity index (χ4n) is 1.49. The fourth-order valence-corrected chi connectivity index (χ4v) is 2.03. The minimum absolute atomic E-state index is 0.0731. The van der Waals surface area contributed by atoms with Crippen molar-refractivity contribution in [3.05, 3.63) is 28.2 Å². The van der Waals surface area contributed by atoms with Gasteiger partial charge in [-0.3, -0.25) is 9.59 Å². The minimum atomic E-state index is -0.425. The van der Waals surface area contributed by atoms with Crippen LogP contribution in [0.5, 0.6) is 5.75 Å². The highest BCUT2D eigenvalue weighted by molar-refractivity contribution is 9.10. The van der Waals surface area contributed by atoms with Crippen molar-refractivity contribution in [1.82, 2.24) is 4.90 Å². The van der Waals surface area contributed by atoms with Gasteiger partial charge in [0, 0.05) is 12.6 Å². The first-order valence-electron chi connectivity index (χ1n) is 5.74. The summed E-state index contributed by atoms with van der Waals surface area (Å²) in [5.41, 5.74) is 0.472. The van der Waals surface area contributed by atoms with E-state index in [1.807, 2.05) is 0 Å². The lowest BCUT2D eigenvalue weighted by molar-refractivity contribution is -0.143. The first-order chi connectivity index (χ1) is 8.99. The highest BCUT2D eigenvalue weighted by Gasteiger charge is 2.16. The topological polar surface area (TPSA) is 55.8 Å². The van der Waals surface area contributed by atoms with Crippen LogP contribution in [0.15, 0.2) is 22.7 Å². The zero-order valence-electron chi connectivity index (χ0n) is 11.1. The maximum absolute atomic E-state index is 12.1. The smallest absolute Gasteiger partial charge is 0.325 e. The molecule has 0 heterocycles. The first kappa shape index (κ1) is 15.5. The van der Waals surface area contributed by atoms with E-state index in [0.29, 0.717) is 22.4 Å². The normalized spacial score (nSPS) is 9.89. The molecule has 0 saturated carbocycles. The predicted molar refractivity (Wildman–Crippen MR) is 74.3 cm³/mol. The number of rotatable bonds is 5. The number of hydrogen-bond donors (Lipinski definition) is 0. The molecule has 0 fully saturated rings. The van der Waals surface area contributed by atoms with Crippen molar-refractivity contribution in [2.75, 3.05) is 27.3 Å². The van der Waals surface area contributed by atoms with Gasteiger partial charge >= 0.3 is 5.97 Å². The lowest BCUT2D eigenvalue weighted by Crippen LogP contribution is -2.33. The predicted octanol–water partition coefficient (Wildman–Crippen LogP) is 2.09. The molecule has 19 heavy (non-hydrogen) atoms. The second-order valence-electron chi connectivity index (χ2n) is 3.82. The Hall–Kier alpha value is -1.56. The average Bonchev–Trinajstić information content (AvgIpc) is 2.37. The number of nitrogens with zero attached hydrogens (tertiary/aromatic N) is 1. The monoisotopic (exact) mass is 329 g/mol. The summed E-state index contributed by atoms with van der Waals surface area (Å²) in [4.78, 5) is 24.7. The number of amides is 1. The van der Waals surface area contributed by atoms with Crippen molar-refractivity contribution in [3.63, 3.8) is 0 Å². The molecule has 1 aromatic carbocycles. The lowest BCUT2D eigenvalue weighted by atomic mass is 10.2. The number of ether oxygens (including phenoxy) is 2. The second-order valence-corrected chi connectivity index (χ2v) is 4.67. The Bertz CT molecular complexity index is 476. The van der Waals surface area contributed by atoms with E-state index >= 15 is 0 Å². The summed E-state index contributed by atoms with van der Waals surface area (Å²) in [5, 5.41) is 0. The van der Waals surface area contributed by atoms with Gasteiger partial charge in [0.25, 0.3) is 5.91 Å². The summed E-state index contributed by atoms with van der Waals surface area (Å²) in [5.74, 6) is -0.0353. The summed E-state index contributed by atoms with van der Waals surface area (Å²) in [7, 11) is 3.10. The molecule has 1 rings (SSSR count). The van der Waals surface area contributed by atoms with Crippen LogP contribution in [0.25, 0.3) is 0 Å². The molecule has 0 atom stereocenters. The second kappa shape index (κ2) is 7.13. The number of carbonyl (C=O) groups excluding carboxylic acids is 2. The largest absolute Gasteiger partial charge is 0.496 e. The van der Waals surface area contributed by atoms with Gasteiger partial charge in [-0.05, 0) is 41.1 Å². The van der Waals surface area contributed by atoms with Crippen molar-refractivity contribution in [3.8, 4) is 5.75 Å². The molecular formula is C13H16BrNO4. The van der Waals surface area contributed by atoms with Crippen LogP contribution in [-0.4, -0.2) is 44.1 Å². The molecule has 1 aromatic rings. The summed E-state index contributed by atoms with van der Waals surface area (Å²) in [6.07, 6.45) is 0. The third-order valence-corrected chi connectivity index (χ3v) is 3.04. The van der Waals surface area contributed by atoms with Crippen LogP contribution in [0, 0.1) is 0 Å². The SMILES string of the molecule is CCOC(=O)CN(C)C(=O)c1ccc(OC)c(Br)c1. The Kier molecular flexibility index (Phi) is 5.82. The molecule has 0 unspecified atom stereocenters. The Morgan fingerprint density at radius 1 is 1.37 bits per heavy atom. The number of esters is 1. The maximum atomic E-state index is 12.1. The molecule has 0 bridgehead atoms. The van der Waals surface area contributed by atoms with Gasteiger partial charge in [-0.25, -0.2) is 0 Å². The summed E-state index contributed by atoms with van der Waals surface area (Å²) < 4.78 is 10.6. The van der Waals surface area contributed by atoms with E-state index in [1.54, 1.807) is 39.3 Å². The maximum Gasteiger partial charge on any atom is 0.325 e. The molecule has 6 heteroatoms. The van der Waals surface area contributed by atoms with Crippen LogP contribution in [0.1, 0.15) is 17.3 Å². The Morgan fingerprint density at radius 3 is 2.58 bits per heavy atom. The van der Waals surface area contributed by atoms with Gasteiger partial charge in [-0.1, -0.05) is 0 Å². The third-order valence-electron chi connectivity index (χ3n) is 2.42. The molecule has 5 nitrogen and oxygen atoms in total. The van der Waals surface area contributed by atoms with Crippen molar-refractivity contribution in [2.24, 2.45) is 0 Å². The van der Waals surface area contributed by atoms with Gasteiger partial charge in [-0.2, -0.15) is 0 Å². The van der Waals surface area contributed by atoms with Gasteiger partial charge in [0.05, 0.1) is 18.2 Å². The van der Waals surface area contributed by atoms with Gasteiger partial charge in [0.1, 0.15) is 12.3 Å². The van der Waals surface area contributed by atoms with Gasteiger partial charge in [0.2, 0.25) is 0 Å². The summed E-state index contributed by atoms with van der Waals surface area (Å²) >= 11 is 3.31. The minimum Gasteiger partial charge on any atom is -0.496 e. The van der Waals surface area contributed by atoms with Crippen molar-refractivity contribution in [1.29, 1.82) is 0 Å². The van der Waals surface area contributed by atoms with Crippen molar-refractivity contribution >= 4 is 27.8 Å². The van der Waals surface area contributed by atoms with E-state index in [-0.39, 0.29) is 12.5 Å². The highest BCUT2D eigenvalue weighted by Crippen LogP contribution is 2.25. The van der Waals surface area contributed by atoms with Crippen molar-refractivity contribution < 1.29 is 19.1 Å². The van der Waals surface area contributed by atoms with Crippen LogP contribution < -0.4 is 4.74 Å². The third kappa shape index (κ3) is 4.24. The molecule has 0 aliphatic carbocycles. The van der Waals surface area contributed by atoms with E-state index in [2.05, 4.69) is 15.9 Å². The van der Waals surface area contributed by atoms with Crippen molar-refractivity contribution in [2.45, 2.75) is 6.92 Å². The number of halogens is 1. The molecule has 0 aliphatic heterocycles. The van der Waals surface area contributed by atoms with Gasteiger partial charge in [-0.15, -0.1) is 0 Å². The molecule has 0 radical (unpaired) electrons. The van der Waals surface area contributed by atoms with Gasteiger partial charge in [0.15, 0.2) is 0 Å². The highest BCUT2D eigenvalue weighted by atomic mass is 79.9. The van der Waals surface area contributed by atoms with Crippen LogP contribution >= 0.6 is 15.9 Å². The quantitative estimate of drug-likeness (QED) is 0.776. The van der Waals surface area contributed by atoms with Crippen LogP contribution in [0.2, 0.25) is 0 Å². The van der Waals surface area contributed by atoms with Crippen LogP contribution in [0.3, 0.4) is 0 Å². The molecule has 0 saturated heterocycles. The first-order valence-corrected chi connectivity index (χ1v) is 6.53. The van der Waals surface area contributed by atoms with E-state index in [4.69, 9.17) is 9.47 Å². The molecule has 0 N–H and O–H groups in total. The van der Waals surface area contributed by atoms with E-state index in [9.17, 15) is 9.59 Å². The van der Waals surface area contributed by atoms with E-state index < -0.39 is 5.97 Å². The zero-order chi connectivity index (χ0) is 14.4. The fraction of sp³-hybridized carbons (Fsp3) is 0.385. The molecule has 1 amide bonds. The molecule has 0 aliphatic rings. The number of carbonyl (C=O) groups is 2.